The van der Waals surface area contributed by atoms with E-state index in [1.54, 1.807) is 0 Å². The zero-order chi connectivity index (χ0) is 17.9. The van der Waals surface area contributed by atoms with Crippen LogP contribution in [0.2, 0.25) is 0 Å². The molecule has 1 heterocycles. The van der Waals surface area contributed by atoms with Gasteiger partial charge in [-0.15, -0.1) is 10.2 Å². The van der Waals surface area contributed by atoms with Gasteiger partial charge >= 0.3 is 6.18 Å². The molecule has 0 bridgehead atoms. The van der Waals surface area contributed by atoms with E-state index in [1.165, 1.54) is 7.05 Å². The van der Waals surface area contributed by atoms with Gasteiger partial charge in [0.1, 0.15) is 0 Å². The number of aryl methyl sites for hydroxylation is 1. The molecule has 1 aromatic carbocycles. The molecule has 2 rings (SSSR count). The van der Waals surface area contributed by atoms with Crippen molar-refractivity contribution < 1.29 is 18.0 Å². The molecule has 1 amide bonds. The van der Waals surface area contributed by atoms with E-state index in [0.29, 0.717) is 0 Å². The number of aromatic nitrogens is 3. The van der Waals surface area contributed by atoms with Crippen molar-refractivity contribution in [3.63, 3.8) is 0 Å². The van der Waals surface area contributed by atoms with Crippen molar-refractivity contribution in [2.75, 3.05) is 5.75 Å². The van der Waals surface area contributed by atoms with E-state index in [-0.39, 0.29) is 22.9 Å². The summed E-state index contributed by atoms with van der Waals surface area (Å²) in [6.07, 6.45) is -4.57. The topological polar surface area (TPSA) is 59.8 Å². The molecule has 24 heavy (non-hydrogen) atoms. The first kappa shape index (κ1) is 18.3. The van der Waals surface area contributed by atoms with Crippen LogP contribution in [0, 0.1) is 6.92 Å². The van der Waals surface area contributed by atoms with Crippen molar-refractivity contribution in [3.05, 3.63) is 41.2 Å². The fraction of sp³-hybridized carbons (Fsp3) is 0.400. The monoisotopic (exact) mass is 358 g/mol. The summed E-state index contributed by atoms with van der Waals surface area (Å²) >= 11 is 0.911. The van der Waals surface area contributed by atoms with Crippen molar-refractivity contribution >= 4 is 17.7 Å². The van der Waals surface area contributed by atoms with E-state index in [4.69, 9.17) is 0 Å². The summed E-state index contributed by atoms with van der Waals surface area (Å²) in [6, 6.07) is 7.48. The third-order valence-corrected chi connectivity index (χ3v) is 4.47. The van der Waals surface area contributed by atoms with Gasteiger partial charge in [0.05, 0.1) is 11.8 Å². The number of nitrogens with one attached hydrogen (secondary N) is 1. The molecule has 0 spiro atoms. The number of halogens is 3. The van der Waals surface area contributed by atoms with Crippen molar-refractivity contribution in [1.29, 1.82) is 0 Å². The molecule has 130 valence electrons. The highest BCUT2D eigenvalue weighted by Gasteiger charge is 2.37. The average molecular weight is 358 g/mol. The predicted molar refractivity (Wildman–Crippen MR) is 84.5 cm³/mol. The highest BCUT2D eigenvalue weighted by molar-refractivity contribution is 7.99. The van der Waals surface area contributed by atoms with E-state index >= 15 is 0 Å². The van der Waals surface area contributed by atoms with E-state index in [2.05, 4.69) is 15.5 Å². The highest BCUT2D eigenvalue weighted by atomic mass is 32.2. The summed E-state index contributed by atoms with van der Waals surface area (Å²) in [4.78, 5) is 12.0. The Balaban J connectivity index is 1.95. The van der Waals surface area contributed by atoms with Gasteiger partial charge in [0.2, 0.25) is 11.7 Å². The van der Waals surface area contributed by atoms with Gasteiger partial charge in [-0.2, -0.15) is 13.2 Å². The molecule has 5 nitrogen and oxygen atoms in total. The molecule has 0 saturated carbocycles. The van der Waals surface area contributed by atoms with E-state index in [1.807, 2.05) is 38.1 Å². The molecule has 0 aliphatic carbocycles. The van der Waals surface area contributed by atoms with Gasteiger partial charge in [0.15, 0.2) is 5.16 Å². The quantitative estimate of drug-likeness (QED) is 0.835. The van der Waals surface area contributed by atoms with Crippen molar-refractivity contribution in [2.45, 2.75) is 31.2 Å². The Morgan fingerprint density at radius 3 is 2.58 bits per heavy atom. The first-order valence-electron chi connectivity index (χ1n) is 7.14. The van der Waals surface area contributed by atoms with Crippen LogP contribution in [0.3, 0.4) is 0 Å². The Morgan fingerprint density at radius 2 is 2.00 bits per heavy atom. The molecule has 2 aromatic rings. The molecule has 0 aliphatic rings. The maximum Gasteiger partial charge on any atom is 0.451 e. The molecule has 1 aromatic heterocycles. The summed E-state index contributed by atoms with van der Waals surface area (Å²) in [6.45, 7) is 3.81. The third kappa shape index (κ3) is 4.28. The van der Waals surface area contributed by atoms with Crippen LogP contribution in [0.5, 0.6) is 0 Å². The molecular weight excluding hydrogens is 341 g/mol. The van der Waals surface area contributed by atoms with Crippen molar-refractivity contribution in [1.82, 2.24) is 20.1 Å². The Kier molecular flexibility index (Phi) is 5.53. The minimum Gasteiger partial charge on any atom is -0.349 e. The number of rotatable bonds is 5. The van der Waals surface area contributed by atoms with Crippen LogP contribution in [-0.2, 0) is 18.0 Å². The number of alkyl halides is 3. The van der Waals surface area contributed by atoms with Gasteiger partial charge in [0, 0.05) is 7.05 Å². The van der Waals surface area contributed by atoms with Gasteiger partial charge in [-0.25, -0.2) is 0 Å². The predicted octanol–water partition coefficient (Wildman–Crippen LogP) is 3.11. The first-order chi connectivity index (χ1) is 11.2. The smallest absolute Gasteiger partial charge is 0.349 e. The van der Waals surface area contributed by atoms with E-state index in [0.717, 1.165) is 27.5 Å². The average Bonchev–Trinajstić information content (AvgIpc) is 2.86. The molecule has 0 radical (unpaired) electrons. The van der Waals surface area contributed by atoms with Gasteiger partial charge in [-0.1, -0.05) is 36.0 Å². The number of carbonyl (C=O) groups is 1. The Hall–Kier alpha value is -2.03. The lowest BCUT2D eigenvalue weighted by Gasteiger charge is -2.16. The zero-order valence-corrected chi connectivity index (χ0v) is 14.2. The Bertz CT molecular complexity index is 730. The van der Waals surface area contributed by atoms with E-state index in [9.17, 15) is 18.0 Å². The Morgan fingerprint density at radius 1 is 1.33 bits per heavy atom. The van der Waals surface area contributed by atoms with Gasteiger partial charge in [-0.05, 0) is 25.0 Å². The van der Waals surface area contributed by atoms with Crippen LogP contribution in [0.4, 0.5) is 13.2 Å². The second kappa shape index (κ2) is 7.25. The number of benzene rings is 1. The van der Waals surface area contributed by atoms with Crippen LogP contribution >= 0.6 is 11.8 Å². The highest BCUT2D eigenvalue weighted by Crippen LogP contribution is 2.29. The molecular formula is C15H17F3N4OS. The molecule has 0 saturated heterocycles. The van der Waals surface area contributed by atoms with Crippen LogP contribution in [-0.4, -0.2) is 26.4 Å². The maximum atomic E-state index is 12.6. The summed E-state index contributed by atoms with van der Waals surface area (Å²) in [7, 11) is 1.22. The molecule has 0 unspecified atom stereocenters. The number of amides is 1. The largest absolute Gasteiger partial charge is 0.451 e. The molecule has 9 heteroatoms. The van der Waals surface area contributed by atoms with Crippen LogP contribution < -0.4 is 5.32 Å². The van der Waals surface area contributed by atoms with Crippen molar-refractivity contribution in [2.24, 2.45) is 7.05 Å². The number of hydrogen-bond acceptors (Lipinski definition) is 4. The number of thioether (sulfide) groups is 1. The lowest BCUT2D eigenvalue weighted by molar-refractivity contribution is -0.147. The van der Waals surface area contributed by atoms with Crippen LogP contribution in [0.25, 0.3) is 0 Å². The number of nitrogens with zero attached hydrogens (tertiary/aromatic N) is 3. The van der Waals surface area contributed by atoms with Gasteiger partial charge < -0.3 is 9.88 Å². The maximum absolute atomic E-state index is 12.6. The molecule has 0 aliphatic heterocycles. The van der Waals surface area contributed by atoms with Gasteiger partial charge in [-0.3, -0.25) is 4.79 Å². The summed E-state index contributed by atoms with van der Waals surface area (Å²) in [5.41, 5.74) is 2.05. The second-order valence-electron chi connectivity index (χ2n) is 5.30. The zero-order valence-electron chi connectivity index (χ0n) is 13.4. The Labute approximate surface area is 141 Å². The van der Waals surface area contributed by atoms with Crippen molar-refractivity contribution in [3.8, 4) is 0 Å². The van der Waals surface area contributed by atoms with E-state index < -0.39 is 12.0 Å². The fourth-order valence-electron chi connectivity index (χ4n) is 2.25. The summed E-state index contributed by atoms with van der Waals surface area (Å²) in [5.74, 6) is -1.41. The lowest BCUT2D eigenvalue weighted by atomic mass is 10.0. The SMILES string of the molecule is Cc1ccccc1[C@H](C)NC(=O)CSc1nnc(C(F)(F)F)n1C. The normalized spacial score (nSPS) is 12.9. The first-order valence-corrected chi connectivity index (χ1v) is 8.13. The lowest BCUT2D eigenvalue weighted by Crippen LogP contribution is -2.28. The number of carbonyl (C=O) groups excluding carboxylic acids is 1. The second-order valence-corrected chi connectivity index (χ2v) is 6.24. The standard InChI is InChI=1S/C15H17F3N4OS/c1-9-6-4-5-7-11(9)10(2)19-12(23)8-24-14-21-20-13(22(14)3)15(16,17)18/h4-7,10H,8H2,1-3H3,(H,19,23)/t10-/m0/s1. The molecule has 0 fully saturated rings. The fourth-order valence-corrected chi connectivity index (χ4v) is 2.97. The summed E-state index contributed by atoms with van der Waals surface area (Å²) in [5, 5.41) is 9.47. The number of hydrogen-bond donors (Lipinski definition) is 1. The van der Waals surface area contributed by atoms with Crippen LogP contribution in [0.1, 0.15) is 29.9 Å². The summed E-state index contributed by atoms with van der Waals surface area (Å²) < 4.78 is 38.8. The van der Waals surface area contributed by atoms with Crippen LogP contribution in [0.15, 0.2) is 29.4 Å². The molecule has 1 N–H and O–H groups in total. The minimum atomic E-state index is -4.57. The minimum absolute atomic E-state index is 0.0416. The molecule has 1 atom stereocenters. The van der Waals surface area contributed by atoms with Gasteiger partial charge in [0.25, 0.3) is 0 Å². The third-order valence-electron chi connectivity index (χ3n) is 3.45.